The number of carbonyl (C=O) groups excluding carboxylic acids is 1. The summed E-state index contributed by atoms with van der Waals surface area (Å²) in [5.74, 6) is -1.24. The smallest absolute Gasteiger partial charge is 0.353 e. The third-order valence-corrected chi connectivity index (χ3v) is 4.43. The maximum Gasteiger partial charge on any atom is 0.353 e. The van der Waals surface area contributed by atoms with Gasteiger partial charge in [0.15, 0.2) is 0 Å². The van der Waals surface area contributed by atoms with Gasteiger partial charge in [0.1, 0.15) is 5.70 Å². The van der Waals surface area contributed by atoms with Gasteiger partial charge in [-0.05, 0) is 6.92 Å². The van der Waals surface area contributed by atoms with Crippen LogP contribution in [0.3, 0.4) is 0 Å². The molecule has 0 saturated carbocycles. The highest BCUT2D eigenvalue weighted by atomic mass is 32.2. The predicted octanol–water partition coefficient (Wildman–Crippen LogP) is -0.414. The summed E-state index contributed by atoms with van der Waals surface area (Å²) in [6, 6.07) is -0.205. The molecule has 0 aromatic rings. The largest absolute Gasteiger partial charge is 0.477 e. The maximum absolute atomic E-state index is 11.9. The third-order valence-electron chi connectivity index (χ3n) is 3.28. The molecule has 0 radical (unpaired) electrons. The summed E-state index contributed by atoms with van der Waals surface area (Å²) in [4.78, 5) is 25.1. The number of carbonyl (C=O) groups is 2. The van der Waals surface area contributed by atoms with Crippen LogP contribution < -0.4 is 5.73 Å². The minimum Gasteiger partial charge on any atom is -0.477 e. The van der Waals surface area contributed by atoms with Gasteiger partial charge in [-0.2, -0.15) is 0 Å². The Balaban J connectivity index is 2.21. The number of nitrogens with two attached hydrogens (primary N) is 1. The average Bonchev–Trinajstić information content (AvgIpc) is 2.60. The number of aliphatic hydroxyl groups excluding tert-OH is 1. The van der Waals surface area contributed by atoms with Crippen LogP contribution in [-0.4, -0.2) is 51.4 Å². The molecule has 0 aromatic heterocycles. The van der Waals surface area contributed by atoms with E-state index >= 15 is 0 Å². The molecule has 1 amide bonds. The second kappa shape index (κ2) is 4.91. The molecule has 1 fully saturated rings. The lowest BCUT2D eigenvalue weighted by Gasteiger charge is -2.44. The Morgan fingerprint density at radius 1 is 1.67 bits per heavy atom. The molecule has 1 saturated heterocycles. The summed E-state index contributed by atoms with van der Waals surface area (Å²) in [5.41, 5.74) is 5.47. The zero-order valence-electron chi connectivity index (χ0n) is 10.00. The van der Waals surface area contributed by atoms with Gasteiger partial charge in [0.05, 0.1) is 18.1 Å². The van der Waals surface area contributed by atoms with Crippen LogP contribution in [0.1, 0.15) is 13.3 Å². The molecule has 0 aliphatic carbocycles. The van der Waals surface area contributed by atoms with E-state index in [1.54, 1.807) is 6.92 Å². The quantitative estimate of drug-likeness (QED) is 0.588. The second-order valence-electron chi connectivity index (χ2n) is 4.46. The first kappa shape index (κ1) is 13.4. The first-order valence-corrected chi connectivity index (χ1v) is 6.78. The Labute approximate surface area is 109 Å². The number of amides is 1. The van der Waals surface area contributed by atoms with E-state index in [9.17, 15) is 19.8 Å². The summed E-state index contributed by atoms with van der Waals surface area (Å²) in [5, 5.41) is 18.7. The SMILES string of the molecule is CC(O)C1C(=O)N2C(C(=O)O)=C(SCCN)C[C@H]12. The van der Waals surface area contributed by atoms with Crippen LogP contribution in [0.15, 0.2) is 10.6 Å². The molecule has 2 heterocycles. The zero-order chi connectivity index (χ0) is 13.4. The highest BCUT2D eigenvalue weighted by molar-refractivity contribution is 8.03. The lowest BCUT2D eigenvalue weighted by atomic mass is 9.83. The molecule has 100 valence electrons. The molecule has 0 aromatic carbocycles. The summed E-state index contributed by atoms with van der Waals surface area (Å²) >= 11 is 1.38. The van der Waals surface area contributed by atoms with Gasteiger partial charge in [0.25, 0.3) is 0 Å². The third kappa shape index (κ3) is 1.92. The number of rotatable bonds is 5. The molecule has 2 unspecified atom stereocenters. The topological polar surface area (TPSA) is 104 Å². The van der Waals surface area contributed by atoms with Gasteiger partial charge < -0.3 is 20.8 Å². The van der Waals surface area contributed by atoms with E-state index in [1.165, 1.54) is 16.7 Å². The normalized spacial score (nSPS) is 28.2. The Hall–Kier alpha value is -1.05. The van der Waals surface area contributed by atoms with Gasteiger partial charge >= 0.3 is 5.97 Å². The van der Waals surface area contributed by atoms with E-state index in [0.717, 1.165) is 0 Å². The number of thioether (sulfide) groups is 1. The highest BCUT2D eigenvalue weighted by Crippen LogP contribution is 2.46. The van der Waals surface area contributed by atoms with Crippen molar-refractivity contribution in [2.45, 2.75) is 25.5 Å². The van der Waals surface area contributed by atoms with Crippen molar-refractivity contribution in [3.63, 3.8) is 0 Å². The molecule has 2 aliphatic heterocycles. The molecule has 18 heavy (non-hydrogen) atoms. The minimum absolute atomic E-state index is 0.0698. The van der Waals surface area contributed by atoms with Crippen molar-refractivity contribution in [1.29, 1.82) is 0 Å². The van der Waals surface area contributed by atoms with Crippen LogP contribution in [0, 0.1) is 5.92 Å². The van der Waals surface area contributed by atoms with Crippen LogP contribution >= 0.6 is 11.8 Å². The van der Waals surface area contributed by atoms with Crippen molar-refractivity contribution in [2.75, 3.05) is 12.3 Å². The molecule has 6 nitrogen and oxygen atoms in total. The number of hydrogen-bond acceptors (Lipinski definition) is 5. The fourth-order valence-corrected chi connectivity index (χ4v) is 3.52. The molecule has 4 N–H and O–H groups in total. The molecule has 0 spiro atoms. The number of hydrogen-bond donors (Lipinski definition) is 3. The standard InChI is InChI=1S/C11H16N2O4S/c1-5(14)8-6-4-7(18-3-2-12)9(11(16)17)13(6)10(8)15/h5-6,8,14H,2-4,12H2,1H3,(H,16,17)/t5?,6-,8?/m1/s1. The monoisotopic (exact) mass is 272 g/mol. The van der Waals surface area contributed by atoms with E-state index in [0.29, 0.717) is 23.6 Å². The Kier molecular flexibility index (Phi) is 3.65. The number of nitrogens with zero attached hydrogens (tertiary/aromatic N) is 1. The number of fused-ring (bicyclic) bond motifs is 1. The summed E-state index contributed by atoms with van der Waals surface area (Å²) in [6.45, 7) is 2.02. The second-order valence-corrected chi connectivity index (χ2v) is 5.65. The summed E-state index contributed by atoms with van der Waals surface area (Å²) in [7, 11) is 0. The minimum atomic E-state index is -1.09. The molecule has 3 atom stereocenters. The van der Waals surface area contributed by atoms with Crippen molar-refractivity contribution in [3.8, 4) is 0 Å². The van der Waals surface area contributed by atoms with Crippen LogP contribution in [0.25, 0.3) is 0 Å². The fourth-order valence-electron chi connectivity index (χ4n) is 2.54. The predicted molar refractivity (Wildman–Crippen MR) is 66.6 cm³/mol. The van der Waals surface area contributed by atoms with Gasteiger partial charge in [-0.25, -0.2) is 4.79 Å². The molecule has 0 bridgehead atoms. The van der Waals surface area contributed by atoms with Crippen molar-refractivity contribution >= 4 is 23.6 Å². The Bertz CT molecular complexity index is 421. The van der Waals surface area contributed by atoms with Gasteiger partial charge in [-0.1, -0.05) is 0 Å². The van der Waals surface area contributed by atoms with Crippen LogP contribution in [0.4, 0.5) is 0 Å². The highest BCUT2D eigenvalue weighted by Gasteiger charge is 2.56. The Morgan fingerprint density at radius 3 is 2.83 bits per heavy atom. The van der Waals surface area contributed by atoms with E-state index < -0.39 is 18.0 Å². The van der Waals surface area contributed by atoms with E-state index in [4.69, 9.17) is 5.73 Å². The van der Waals surface area contributed by atoms with Crippen molar-refractivity contribution in [2.24, 2.45) is 11.7 Å². The van der Waals surface area contributed by atoms with Crippen LogP contribution in [0.2, 0.25) is 0 Å². The molecular weight excluding hydrogens is 256 g/mol. The number of aliphatic carboxylic acids is 1. The van der Waals surface area contributed by atoms with E-state index in [-0.39, 0.29) is 17.6 Å². The number of carboxylic acid groups (broad SMARTS) is 1. The number of β-lactam (4-membered cyclic amide) rings is 1. The van der Waals surface area contributed by atoms with Gasteiger partial charge in [0, 0.05) is 23.6 Å². The van der Waals surface area contributed by atoms with E-state index in [2.05, 4.69) is 0 Å². The zero-order valence-corrected chi connectivity index (χ0v) is 10.8. The summed E-state index contributed by atoms with van der Waals surface area (Å²) < 4.78 is 0. The average molecular weight is 272 g/mol. The van der Waals surface area contributed by atoms with Gasteiger partial charge in [-0.3, -0.25) is 4.79 Å². The van der Waals surface area contributed by atoms with Crippen LogP contribution in [0.5, 0.6) is 0 Å². The first-order valence-electron chi connectivity index (χ1n) is 5.79. The van der Waals surface area contributed by atoms with Gasteiger partial charge in [0.2, 0.25) is 5.91 Å². The van der Waals surface area contributed by atoms with E-state index in [1.807, 2.05) is 0 Å². The maximum atomic E-state index is 11.9. The Morgan fingerprint density at radius 2 is 2.33 bits per heavy atom. The molecule has 7 heteroatoms. The molecular formula is C11H16N2O4S. The summed E-state index contributed by atoms with van der Waals surface area (Å²) in [6.07, 6.45) is -0.235. The first-order chi connectivity index (χ1) is 8.49. The molecule has 2 aliphatic rings. The van der Waals surface area contributed by atoms with Crippen molar-refractivity contribution < 1.29 is 19.8 Å². The lowest BCUT2D eigenvalue weighted by Crippen LogP contribution is -2.61. The van der Waals surface area contributed by atoms with Crippen molar-refractivity contribution in [3.05, 3.63) is 10.6 Å². The number of carboxylic acids is 1. The number of aliphatic hydroxyl groups is 1. The molecule has 2 rings (SSSR count). The fraction of sp³-hybridized carbons (Fsp3) is 0.636. The lowest BCUT2D eigenvalue weighted by molar-refractivity contribution is -0.161. The van der Waals surface area contributed by atoms with Gasteiger partial charge in [-0.15, -0.1) is 11.8 Å². The van der Waals surface area contributed by atoms with Crippen molar-refractivity contribution in [1.82, 2.24) is 4.90 Å². The van der Waals surface area contributed by atoms with Crippen LogP contribution in [-0.2, 0) is 9.59 Å².